The van der Waals surface area contributed by atoms with E-state index < -0.39 is 6.23 Å². The van der Waals surface area contributed by atoms with Crippen LogP contribution in [0.15, 0.2) is 54.9 Å². The summed E-state index contributed by atoms with van der Waals surface area (Å²) >= 11 is 0. The Kier molecular flexibility index (Phi) is 6.41. The highest BCUT2D eigenvalue weighted by atomic mass is 16.5. The molecule has 31 heavy (non-hydrogen) atoms. The lowest BCUT2D eigenvalue weighted by atomic mass is 9.77. The van der Waals surface area contributed by atoms with E-state index in [-0.39, 0.29) is 30.3 Å². The van der Waals surface area contributed by atoms with E-state index in [0.717, 1.165) is 27.9 Å². The van der Waals surface area contributed by atoms with Crippen LogP contribution in [0.3, 0.4) is 0 Å². The maximum Gasteiger partial charge on any atom is 0.306 e. The number of nitrogens with one attached hydrogen (secondary N) is 2. The van der Waals surface area contributed by atoms with Crippen molar-refractivity contribution in [1.29, 1.82) is 0 Å². The molecule has 1 aliphatic heterocycles. The third-order valence-corrected chi connectivity index (χ3v) is 5.87. The van der Waals surface area contributed by atoms with E-state index in [2.05, 4.69) is 20.8 Å². The van der Waals surface area contributed by atoms with Gasteiger partial charge in [-0.25, -0.2) is 5.43 Å². The van der Waals surface area contributed by atoms with Crippen LogP contribution in [-0.2, 0) is 16.0 Å². The fourth-order valence-electron chi connectivity index (χ4n) is 4.34. The van der Waals surface area contributed by atoms with Crippen LogP contribution in [-0.4, -0.2) is 47.5 Å². The van der Waals surface area contributed by atoms with E-state index in [9.17, 15) is 9.90 Å². The Bertz CT molecular complexity index is 1040. The number of aliphatic hydroxyl groups is 1. The van der Waals surface area contributed by atoms with Gasteiger partial charge in [0.2, 0.25) is 0 Å². The number of nitrogens with zero attached hydrogens (tertiary/aromatic N) is 2. The standard InChI is InChI=1S/C23H26N4O4/c1-30-15-8-6-14(7-9-15)12-19-21(23(29)27-26-19)17(13-20(28)31-2)16-4-3-5-18-22(16)25-11-10-24-18/h3-11,17,19,21,23,26-27,29H,12-13H2,1-2H3. The molecule has 162 valence electrons. The van der Waals surface area contributed by atoms with Crippen LogP contribution < -0.4 is 15.6 Å². The smallest absolute Gasteiger partial charge is 0.306 e. The van der Waals surface area contributed by atoms with Crippen molar-refractivity contribution in [2.24, 2.45) is 5.92 Å². The van der Waals surface area contributed by atoms with Gasteiger partial charge in [0.05, 0.1) is 31.7 Å². The number of benzene rings is 2. The van der Waals surface area contributed by atoms with Crippen LogP contribution in [0.5, 0.6) is 5.75 Å². The first-order chi connectivity index (χ1) is 15.1. The van der Waals surface area contributed by atoms with Gasteiger partial charge in [-0.05, 0) is 35.7 Å². The maximum atomic E-state index is 12.3. The fourth-order valence-corrected chi connectivity index (χ4v) is 4.34. The number of aliphatic hydroxyl groups excluding tert-OH is 1. The lowest BCUT2D eigenvalue weighted by Crippen LogP contribution is -2.36. The molecule has 4 rings (SSSR count). The zero-order valence-corrected chi connectivity index (χ0v) is 17.5. The largest absolute Gasteiger partial charge is 0.497 e. The molecule has 4 unspecified atom stereocenters. The van der Waals surface area contributed by atoms with Crippen molar-refractivity contribution in [3.8, 4) is 5.75 Å². The highest BCUT2D eigenvalue weighted by molar-refractivity contribution is 5.79. The summed E-state index contributed by atoms with van der Waals surface area (Å²) in [5.41, 5.74) is 9.57. The van der Waals surface area contributed by atoms with Crippen molar-refractivity contribution in [1.82, 2.24) is 20.8 Å². The monoisotopic (exact) mass is 422 g/mol. The number of para-hydroxylation sites is 1. The van der Waals surface area contributed by atoms with Gasteiger partial charge in [0.15, 0.2) is 0 Å². The molecule has 0 spiro atoms. The molecule has 4 atom stereocenters. The SMILES string of the molecule is COC(=O)CC(c1cccc2nccnc12)C1C(O)NNC1Cc1ccc(OC)cc1. The summed E-state index contributed by atoms with van der Waals surface area (Å²) in [6.45, 7) is 0. The average Bonchev–Trinajstić information content (AvgIpc) is 3.17. The minimum absolute atomic E-state index is 0.120. The summed E-state index contributed by atoms with van der Waals surface area (Å²) in [6, 6.07) is 13.4. The number of hydrogen-bond acceptors (Lipinski definition) is 8. The molecular formula is C23H26N4O4. The number of methoxy groups -OCH3 is 2. The third-order valence-electron chi connectivity index (χ3n) is 5.87. The molecule has 1 saturated heterocycles. The number of hydrazine groups is 1. The normalized spacial score (nSPS) is 21.7. The molecule has 0 aliphatic carbocycles. The van der Waals surface area contributed by atoms with Gasteiger partial charge >= 0.3 is 5.97 Å². The number of hydrogen-bond donors (Lipinski definition) is 3. The topological polar surface area (TPSA) is 106 Å². The van der Waals surface area contributed by atoms with Crippen LogP contribution in [0.4, 0.5) is 0 Å². The molecule has 1 aliphatic rings. The predicted octanol–water partition coefficient (Wildman–Crippen LogP) is 1.94. The van der Waals surface area contributed by atoms with Crippen molar-refractivity contribution in [3.05, 3.63) is 66.0 Å². The summed E-state index contributed by atoms with van der Waals surface area (Å²) in [5, 5.41) is 10.8. The average molecular weight is 422 g/mol. The van der Waals surface area contributed by atoms with Crippen molar-refractivity contribution < 1.29 is 19.4 Å². The van der Waals surface area contributed by atoms with E-state index >= 15 is 0 Å². The highest BCUT2D eigenvalue weighted by Gasteiger charge is 2.42. The maximum absolute atomic E-state index is 12.3. The Hall–Kier alpha value is -3.07. The van der Waals surface area contributed by atoms with E-state index in [1.165, 1.54) is 7.11 Å². The first-order valence-electron chi connectivity index (χ1n) is 10.2. The van der Waals surface area contributed by atoms with Gasteiger partial charge in [0.1, 0.15) is 12.0 Å². The molecule has 2 aromatic carbocycles. The molecular weight excluding hydrogens is 396 g/mol. The second kappa shape index (κ2) is 9.38. The molecule has 1 fully saturated rings. The molecule has 3 N–H and O–H groups in total. The lowest BCUT2D eigenvalue weighted by molar-refractivity contribution is -0.141. The van der Waals surface area contributed by atoms with Gasteiger partial charge < -0.3 is 14.6 Å². The van der Waals surface area contributed by atoms with Crippen molar-refractivity contribution in [2.75, 3.05) is 14.2 Å². The minimum Gasteiger partial charge on any atom is -0.497 e. The van der Waals surface area contributed by atoms with Gasteiger partial charge in [0.25, 0.3) is 0 Å². The first kappa shape index (κ1) is 21.2. The van der Waals surface area contributed by atoms with E-state index in [4.69, 9.17) is 9.47 Å². The van der Waals surface area contributed by atoms with Gasteiger partial charge in [0, 0.05) is 30.3 Å². The Morgan fingerprint density at radius 3 is 2.61 bits per heavy atom. The summed E-state index contributed by atoms with van der Waals surface area (Å²) in [4.78, 5) is 21.2. The quantitative estimate of drug-likeness (QED) is 0.496. The molecule has 2 heterocycles. The Morgan fingerprint density at radius 2 is 1.87 bits per heavy atom. The highest BCUT2D eigenvalue weighted by Crippen LogP contribution is 2.38. The first-order valence-corrected chi connectivity index (χ1v) is 10.2. The summed E-state index contributed by atoms with van der Waals surface area (Å²) in [5.74, 6) is -0.175. The Morgan fingerprint density at radius 1 is 1.10 bits per heavy atom. The van der Waals surface area contributed by atoms with Crippen molar-refractivity contribution >= 4 is 17.0 Å². The number of rotatable bonds is 7. The van der Waals surface area contributed by atoms with Gasteiger partial charge in [-0.3, -0.25) is 20.2 Å². The van der Waals surface area contributed by atoms with E-state index in [1.807, 2.05) is 42.5 Å². The van der Waals surface area contributed by atoms with Crippen LogP contribution in [0.1, 0.15) is 23.5 Å². The number of fused-ring (bicyclic) bond motifs is 1. The number of carbonyl (C=O) groups excluding carboxylic acids is 1. The molecule has 1 aromatic heterocycles. The molecule has 0 amide bonds. The second-order valence-corrected chi connectivity index (χ2v) is 7.63. The lowest BCUT2D eigenvalue weighted by Gasteiger charge is -2.29. The molecule has 3 aromatic rings. The van der Waals surface area contributed by atoms with Crippen LogP contribution in [0.25, 0.3) is 11.0 Å². The molecule has 8 heteroatoms. The Labute approximate surface area is 180 Å². The van der Waals surface area contributed by atoms with E-state index in [1.54, 1.807) is 19.5 Å². The Balaban J connectivity index is 1.70. The number of ether oxygens (including phenoxy) is 2. The molecule has 0 radical (unpaired) electrons. The van der Waals surface area contributed by atoms with Gasteiger partial charge in [-0.2, -0.15) is 0 Å². The van der Waals surface area contributed by atoms with Crippen LogP contribution in [0.2, 0.25) is 0 Å². The number of carbonyl (C=O) groups is 1. The second-order valence-electron chi connectivity index (χ2n) is 7.63. The minimum atomic E-state index is -0.843. The third kappa shape index (κ3) is 4.51. The summed E-state index contributed by atoms with van der Waals surface area (Å²) in [7, 11) is 3.01. The fraction of sp³-hybridized carbons (Fsp3) is 0.348. The molecule has 8 nitrogen and oxygen atoms in total. The van der Waals surface area contributed by atoms with E-state index in [0.29, 0.717) is 6.42 Å². The zero-order valence-electron chi connectivity index (χ0n) is 17.5. The predicted molar refractivity (Wildman–Crippen MR) is 115 cm³/mol. The molecule has 0 saturated carbocycles. The summed E-state index contributed by atoms with van der Waals surface area (Å²) in [6.07, 6.45) is 3.21. The summed E-state index contributed by atoms with van der Waals surface area (Å²) < 4.78 is 10.2. The van der Waals surface area contributed by atoms with Crippen LogP contribution >= 0.6 is 0 Å². The van der Waals surface area contributed by atoms with Crippen molar-refractivity contribution in [2.45, 2.75) is 31.0 Å². The van der Waals surface area contributed by atoms with Crippen LogP contribution in [0, 0.1) is 5.92 Å². The van der Waals surface area contributed by atoms with Gasteiger partial charge in [-0.15, -0.1) is 0 Å². The molecule has 0 bridgehead atoms. The zero-order chi connectivity index (χ0) is 21.8. The number of aromatic nitrogens is 2. The van der Waals surface area contributed by atoms with Gasteiger partial charge in [-0.1, -0.05) is 24.3 Å². The van der Waals surface area contributed by atoms with Crippen molar-refractivity contribution in [3.63, 3.8) is 0 Å². The number of esters is 1.